The van der Waals surface area contributed by atoms with E-state index in [1.54, 1.807) is 0 Å². The number of hydrogen-bond acceptors (Lipinski definition) is 8. The molecule has 0 spiro atoms. The fourth-order valence-electron chi connectivity index (χ4n) is 1.52. The second kappa shape index (κ2) is 6.38. The lowest BCUT2D eigenvalue weighted by Gasteiger charge is -2.40. The van der Waals surface area contributed by atoms with E-state index in [-0.39, 0.29) is 0 Å². The number of aliphatic hydroxyl groups is 5. The lowest BCUT2D eigenvalue weighted by molar-refractivity contribution is -0.311. The normalized spacial score (nSPS) is 38.4. The molecule has 9 heteroatoms. The summed E-state index contributed by atoms with van der Waals surface area (Å²) in [7, 11) is 0. The smallest absolute Gasteiger partial charge is 0.335 e. The number of aliphatic carboxylic acids is 1. The van der Waals surface area contributed by atoms with Crippen LogP contribution in [0.15, 0.2) is 0 Å². The predicted octanol–water partition coefficient (Wildman–Crippen LogP) is -3.75. The molecule has 0 bridgehead atoms. The molecule has 1 unspecified atom stereocenters. The van der Waals surface area contributed by atoms with E-state index in [9.17, 15) is 20.1 Å². The Morgan fingerprint density at radius 2 is 1.78 bits per heavy atom. The molecule has 0 aromatic carbocycles. The third-order valence-corrected chi connectivity index (χ3v) is 2.59. The van der Waals surface area contributed by atoms with Crippen LogP contribution in [0.25, 0.3) is 0 Å². The third-order valence-electron chi connectivity index (χ3n) is 2.59. The van der Waals surface area contributed by atoms with Crippen molar-refractivity contribution in [3.05, 3.63) is 0 Å². The molecule has 1 heterocycles. The Labute approximate surface area is 102 Å². The second-order valence-electron chi connectivity index (χ2n) is 3.84. The third kappa shape index (κ3) is 3.14. The number of aliphatic hydroxyl groups excluding tert-OH is 5. The van der Waals surface area contributed by atoms with Crippen molar-refractivity contribution in [3.8, 4) is 0 Å². The lowest BCUT2D eigenvalue weighted by atomic mass is 9.99. The van der Waals surface area contributed by atoms with Crippen LogP contribution in [0.4, 0.5) is 0 Å². The van der Waals surface area contributed by atoms with E-state index in [1.165, 1.54) is 0 Å². The van der Waals surface area contributed by atoms with Crippen LogP contribution in [0, 0.1) is 0 Å². The summed E-state index contributed by atoms with van der Waals surface area (Å²) >= 11 is 0. The summed E-state index contributed by atoms with van der Waals surface area (Å²) in [6.45, 7) is -1.51. The summed E-state index contributed by atoms with van der Waals surface area (Å²) in [5, 5.41) is 54.7. The Hall–Kier alpha value is -0.810. The van der Waals surface area contributed by atoms with Gasteiger partial charge in [-0.25, -0.2) is 4.79 Å². The molecule has 6 N–H and O–H groups in total. The highest BCUT2D eigenvalue weighted by Gasteiger charge is 2.45. The Balaban J connectivity index is 2.72. The average molecular weight is 268 g/mol. The van der Waals surface area contributed by atoms with E-state index in [2.05, 4.69) is 0 Å². The van der Waals surface area contributed by atoms with Crippen molar-refractivity contribution in [1.29, 1.82) is 0 Å². The van der Waals surface area contributed by atoms with Gasteiger partial charge in [-0.15, -0.1) is 0 Å². The molecule has 0 radical (unpaired) electrons. The quantitative estimate of drug-likeness (QED) is 0.294. The van der Waals surface area contributed by atoms with Crippen LogP contribution < -0.4 is 0 Å². The first-order valence-electron chi connectivity index (χ1n) is 5.22. The molecule has 0 aromatic rings. The zero-order chi connectivity index (χ0) is 13.9. The van der Waals surface area contributed by atoms with E-state index >= 15 is 0 Å². The first kappa shape index (κ1) is 15.2. The van der Waals surface area contributed by atoms with Crippen molar-refractivity contribution < 1.29 is 44.9 Å². The molecule has 6 atom stereocenters. The minimum absolute atomic E-state index is 0.651. The van der Waals surface area contributed by atoms with E-state index in [1.807, 2.05) is 0 Å². The van der Waals surface area contributed by atoms with E-state index < -0.39 is 56.0 Å². The zero-order valence-corrected chi connectivity index (χ0v) is 9.29. The Morgan fingerprint density at radius 3 is 2.22 bits per heavy atom. The molecule has 1 fully saturated rings. The van der Waals surface area contributed by atoms with Gasteiger partial charge in [0, 0.05) is 0 Å². The SMILES string of the molecule is O=C(O)C(CO)O[C@H]1O[C@H](CO)[C@@H](O)[C@H](O)[C@H]1O. The Kier molecular flexibility index (Phi) is 5.41. The summed E-state index contributed by atoms with van der Waals surface area (Å²) in [5.41, 5.74) is 0. The molecule has 0 saturated carbocycles. The molecule has 1 aliphatic heterocycles. The highest BCUT2D eigenvalue weighted by atomic mass is 16.7. The van der Waals surface area contributed by atoms with E-state index in [0.29, 0.717) is 0 Å². The van der Waals surface area contributed by atoms with Gasteiger partial charge in [0.25, 0.3) is 0 Å². The maximum atomic E-state index is 10.6. The monoisotopic (exact) mass is 268 g/mol. The molecular formula is C9H16O9. The molecular weight excluding hydrogens is 252 g/mol. The second-order valence-corrected chi connectivity index (χ2v) is 3.84. The first-order valence-corrected chi connectivity index (χ1v) is 5.22. The summed E-state index contributed by atoms with van der Waals surface area (Å²) in [5.74, 6) is -1.48. The van der Waals surface area contributed by atoms with Crippen LogP contribution in [0.2, 0.25) is 0 Å². The summed E-state index contributed by atoms with van der Waals surface area (Å²) < 4.78 is 9.67. The summed E-state index contributed by atoms with van der Waals surface area (Å²) in [4.78, 5) is 10.6. The van der Waals surface area contributed by atoms with Crippen molar-refractivity contribution in [2.24, 2.45) is 0 Å². The number of carboxylic acids is 1. The van der Waals surface area contributed by atoms with E-state index in [0.717, 1.165) is 0 Å². The highest BCUT2D eigenvalue weighted by molar-refractivity contribution is 5.72. The minimum atomic E-state index is -1.70. The van der Waals surface area contributed by atoms with Gasteiger partial charge in [-0.05, 0) is 0 Å². The fraction of sp³-hybridized carbons (Fsp3) is 0.889. The Bertz CT molecular complexity index is 281. The molecule has 1 aliphatic rings. The lowest BCUT2D eigenvalue weighted by Crippen LogP contribution is -2.60. The van der Waals surface area contributed by atoms with Crippen molar-refractivity contribution >= 4 is 5.97 Å². The number of hydrogen-bond donors (Lipinski definition) is 6. The maximum absolute atomic E-state index is 10.6. The van der Waals surface area contributed by atoms with Gasteiger partial charge in [-0.3, -0.25) is 0 Å². The number of carbonyl (C=O) groups is 1. The molecule has 1 rings (SSSR count). The van der Waals surface area contributed by atoms with Crippen LogP contribution in [0.1, 0.15) is 0 Å². The van der Waals surface area contributed by atoms with Crippen molar-refractivity contribution in [2.45, 2.75) is 36.8 Å². The Morgan fingerprint density at radius 1 is 1.17 bits per heavy atom. The molecule has 18 heavy (non-hydrogen) atoms. The molecule has 106 valence electrons. The molecule has 0 amide bonds. The van der Waals surface area contributed by atoms with Gasteiger partial charge in [0.1, 0.15) is 24.4 Å². The maximum Gasteiger partial charge on any atom is 0.335 e. The predicted molar refractivity (Wildman–Crippen MR) is 53.4 cm³/mol. The van der Waals surface area contributed by atoms with Crippen LogP contribution in [0.5, 0.6) is 0 Å². The molecule has 9 nitrogen and oxygen atoms in total. The van der Waals surface area contributed by atoms with Crippen LogP contribution in [0.3, 0.4) is 0 Å². The average Bonchev–Trinajstić information content (AvgIpc) is 2.35. The van der Waals surface area contributed by atoms with Crippen LogP contribution in [-0.2, 0) is 14.3 Å². The van der Waals surface area contributed by atoms with Gasteiger partial charge in [-0.2, -0.15) is 0 Å². The van der Waals surface area contributed by atoms with Gasteiger partial charge in [-0.1, -0.05) is 0 Å². The summed E-state index contributed by atoms with van der Waals surface area (Å²) in [6.07, 6.45) is -9.32. The van der Waals surface area contributed by atoms with Crippen molar-refractivity contribution in [1.82, 2.24) is 0 Å². The number of carboxylic acid groups (broad SMARTS) is 1. The topological polar surface area (TPSA) is 157 Å². The minimum Gasteiger partial charge on any atom is -0.479 e. The zero-order valence-electron chi connectivity index (χ0n) is 9.29. The van der Waals surface area contributed by atoms with Crippen LogP contribution in [-0.4, -0.2) is 86.6 Å². The molecule has 0 aromatic heterocycles. The number of ether oxygens (including phenoxy) is 2. The summed E-state index contributed by atoms with van der Waals surface area (Å²) in [6, 6.07) is 0. The standard InChI is InChI=1S/C9H16O9/c10-1-3-5(12)6(13)7(14)9(17-3)18-4(2-11)8(15)16/h3-7,9-14H,1-2H2,(H,15,16)/t3-,4?,5-,6+,7-,9-/m1/s1. The van der Waals surface area contributed by atoms with Crippen molar-refractivity contribution in [2.75, 3.05) is 13.2 Å². The van der Waals surface area contributed by atoms with Gasteiger partial charge in [0.2, 0.25) is 0 Å². The van der Waals surface area contributed by atoms with Crippen LogP contribution >= 0.6 is 0 Å². The van der Waals surface area contributed by atoms with E-state index in [4.69, 9.17) is 24.8 Å². The van der Waals surface area contributed by atoms with Crippen molar-refractivity contribution in [3.63, 3.8) is 0 Å². The first-order chi connectivity index (χ1) is 8.42. The van der Waals surface area contributed by atoms with Gasteiger partial charge < -0.3 is 40.1 Å². The molecule has 1 saturated heterocycles. The van der Waals surface area contributed by atoms with Gasteiger partial charge in [0.05, 0.1) is 13.2 Å². The van der Waals surface area contributed by atoms with Gasteiger partial charge in [0.15, 0.2) is 12.4 Å². The van der Waals surface area contributed by atoms with Gasteiger partial charge >= 0.3 is 5.97 Å². The highest BCUT2D eigenvalue weighted by Crippen LogP contribution is 2.22. The number of rotatable bonds is 5. The largest absolute Gasteiger partial charge is 0.479 e. The fourth-order valence-corrected chi connectivity index (χ4v) is 1.52. The molecule has 0 aliphatic carbocycles.